The molecule has 3 aromatic carbocycles. The molecule has 1 heterocycles. The predicted molar refractivity (Wildman–Crippen MR) is 131 cm³/mol. The van der Waals surface area contributed by atoms with E-state index in [9.17, 15) is 9.59 Å². The summed E-state index contributed by atoms with van der Waals surface area (Å²) in [6.07, 6.45) is -0.689. The average molecular weight is 495 g/mol. The normalized spacial score (nSPS) is 11.7. The molecule has 4 aromatic rings. The number of aromatic nitrogens is 1. The number of hydrogen-bond acceptors (Lipinski definition) is 7. The second kappa shape index (κ2) is 10.5. The number of hydrogen-bond donors (Lipinski definition) is 0. The van der Waals surface area contributed by atoms with Crippen molar-refractivity contribution in [2.75, 3.05) is 18.6 Å². The summed E-state index contributed by atoms with van der Waals surface area (Å²) in [5.41, 5.74) is 2.08. The molecule has 0 aliphatic rings. The number of benzene rings is 3. The lowest BCUT2D eigenvalue weighted by molar-refractivity contribution is -0.124. The van der Waals surface area contributed by atoms with Crippen LogP contribution in [0.25, 0.3) is 11.1 Å². The van der Waals surface area contributed by atoms with Crippen LogP contribution in [0.5, 0.6) is 17.6 Å². The van der Waals surface area contributed by atoms with E-state index in [-0.39, 0.29) is 18.6 Å². The van der Waals surface area contributed by atoms with Crippen LogP contribution in [0.3, 0.4) is 0 Å². The fraction of sp³-hybridized carbons (Fsp3) is 0.192. The van der Waals surface area contributed by atoms with Gasteiger partial charge in [-0.3, -0.25) is 4.79 Å². The van der Waals surface area contributed by atoms with Gasteiger partial charge in [-0.1, -0.05) is 17.7 Å². The zero-order valence-electron chi connectivity index (χ0n) is 19.4. The van der Waals surface area contributed by atoms with Gasteiger partial charge in [0.1, 0.15) is 17.0 Å². The van der Waals surface area contributed by atoms with Gasteiger partial charge in [0.15, 0.2) is 11.7 Å². The van der Waals surface area contributed by atoms with Gasteiger partial charge in [-0.05, 0) is 68.4 Å². The highest BCUT2D eigenvalue weighted by atomic mass is 35.5. The molecule has 0 aliphatic carbocycles. The molecule has 35 heavy (non-hydrogen) atoms. The summed E-state index contributed by atoms with van der Waals surface area (Å²) in [5.74, 6) is 0.248. The van der Waals surface area contributed by atoms with Crippen LogP contribution in [0.4, 0.5) is 5.69 Å². The van der Waals surface area contributed by atoms with Crippen LogP contribution in [0, 0.1) is 0 Å². The number of oxazole rings is 1. The molecule has 1 aromatic heterocycles. The molecule has 0 N–H and O–H groups in total. The lowest BCUT2D eigenvalue weighted by Crippen LogP contribution is -2.38. The van der Waals surface area contributed by atoms with Gasteiger partial charge in [-0.15, -0.1) is 0 Å². The van der Waals surface area contributed by atoms with Crippen molar-refractivity contribution in [3.8, 4) is 17.6 Å². The minimum atomic E-state index is -0.778. The molecule has 8 nitrogen and oxygen atoms in total. The Bertz CT molecular complexity index is 1350. The first kappa shape index (κ1) is 24.1. The Morgan fingerprint density at radius 2 is 1.80 bits per heavy atom. The van der Waals surface area contributed by atoms with E-state index in [0.717, 1.165) is 0 Å². The maximum absolute atomic E-state index is 12.9. The van der Waals surface area contributed by atoms with E-state index < -0.39 is 12.1 Å². The van der Waals surface area contributed by atoms with E-state index in [1.165, 1.54) is 4.90 Å². The maximum Gasteiger partial charge on any atom is 0.400 e. The molecule has 4 rings (SSSR count). The molecule has 0 radical (unpaired) electrons. The van der Waals surface area contributed by atoms with Crippen LogP contribution in [-0.4, -0.2) is 36.6 Å². The number of ether oxygens (including phenoxy) is 3. The summed E-state index contributed by atoms with van der Waals surface area (Å²) in [6.45, 7) is 3.67. The number of likely N-dealkylation sites (N-methyl/N-ethyl adjacent to an activating group) is 1. The van der Waals surface area contributed by atoms with Gasteiger partial charge in [0.05, 0.1) is 12.2 Å². The second-order valence-corrected chi connectivity index (χ2v) is 8.03. The minimum absolute atomic E-state index is 0.0890. The predicted octanol–water partition coefficient (Wildman–Crippen LogP) is 5.88. The Labute approximate surface area is 207 Å². The van der Waals surface area contributed by atoms with Gasteiger partial charge in [0.2, 0.25) is 0 Å². The summed E-state index contributed by atoms with van der Waals surface area (Å²) < 4.78 is 22.1. The maximum atomic E-state index is 12.9. The second-order valence-electron chi connectivity index (χ2n) is 7.59. The molecule has 1 unspecified atom stereocenters. The Morgan fingerprint density at radius 3 is 2.54 bits per heavy atom. The van der Waals surface area contributed by atoms with E-state index in [1.54, 1.807) is 87.6 Å². The Hall–Kier alpha value is -4.04. The molecular weight excluding hydrogens is 472 g/mol. The molecule has 0 saturated carbocycles. The molecule has 9 heteroatoms. The number of esters is 1. The number of nitrogens with zero attached hydrogens (tertiary/aromatic N) is 2. The third kappa shape index (κ3) is 5.73. The van der Waals surface area contributed by atoms with Crippen LogP contribution in [0.15, 0.2) is 71.1 Å². The number of carbonyl (C=O) groups is 2. The summed E-state index contributed by atoms with van der Waals surface area (Å²) >= 11 is 5.97. The van der Waals surface area contributed by atoms with E-state index in [4.69, 9.17) is 30.2 Å². The monoisotopic (exact) mass is 494 g/mol. The van der Waals surface area contributed by atoms with Crippen molar-refractivity contribution in [1.82, 2.24) is 4.98 Å². The SMILES string of the molecule is CCOC(=O)c1cccc(N(C)C(=O)C(C)Oc2ccc(Oc3nc4ccc(Cl)cc4o3)cc2)c1. The molecule has 0 bridgehead atoms. The number of amides is 1. The number of rotatable bonds is 8. The molecule has 0 fully saturated rings. The first-order chi connectivity index (χ1) is 16.8. The largest absolute Gasteiger partial charge is 0.481 e. The number of halogens is 1. The summed E-state index contributed by atoms with van der Waals surface area (Å²) in [4.78, 5) is 30.6. The van der Waals surface area contributed by atoms with Gasteiger partial charge in [0.25, 0.3) is 5.91 Å². The van der Waals surface area contributed by atoms with Gasteiger partial charge in [-0.2, -0.15) is 4.98 Å². The van der Waals surface area contributed by atoms with Crippen LogP contribution in [-0.2, 0) is 9.53 Å². The lowest BCUT2D eigenvalue weighted by atomic mass is 10.2. The third-order valence-electron chi connectivity index (χ3n) is 5.10. The standard InChI is InChI=1S/C26H23ClN2O6/c1-4-32-25(31)17-6-5-7-19(14-17)29(3)24(30)16(2)33-20-9-11-21(12-10-20)34-26-28-22-13-8-18(27)15-23(22)35-26/h5-16H,4H2,1-3H3. The Morgan fingerprint density at radius 1 is 1.06 bits per heavy atom. The summed E-state index contributed by atoms with van der Waals surface area (Å²) in [6, 6.07) is 18.5. The summed E-state index contributed by atoms with van der Waals surface area (Å²) in [7, 11) is 1.62. The van der Waals surface area contributed by atoms with Gasteiger partial charge in [0, 0.05) is 23.8 Å². The van der Waals surface area contributed by atoms with Crippen LogP contribution >= 0.6 is 11.6 Å². The van der Waals surface area contributed by atoms with Crippen LogP contribution in [0.2, 0.25) is 5.02 Å². The molecule has 1 atom stereocenters. The minimum Gasteiger partial charge on any atom is -0.481 e. The van der Waals surface area contributed by atoms with Crippen molar-refractivity contribution in [3.63, 3.8) is 0 Å². The zero-order valence-corrected chi connectivity index (χ0v) is 20.1. The third-order valence-corrected chi connectivity index (χ3v) is 5.33. The van der Waals surface area contributed by atoms with Crippen molar-refractivity contribution in [3.05, 3.63) is 77.3 Å². The molecule has 1 amide bonds. The van der Waals surface area contributed by atoms with Crippen molar-refractivity contribution in [2.24, 2.45) is 0 Å². The van der Waals surface area contributed by atoms with Gasteiger partial charge >= 0.3 is 12.0 Å². The fourth-order valence-electron chi connectivity index (χ4n) is 3.32. The number of fused-ring (bicyclic) bond motifs is 1. The Kier molecular flexibility index (Phi) is 7.22. The van der Waals surface area contributed by atoms with Crippen molar-refractivity contribution >= 4 is 40.3 Å². The van der Waals surface area contributed by atoms with Crippen LogP contribution < -0.4 is 14.4 Å². The first-order valence-electron chi connectivity index (χ1n) is 10.9. The smallest absolute Gasteiger partial charge is 0.400 e. The Balaban J connectivity index is 1.38. The highest BCUT2D eigenvalue weighted by molar-refractivity contribution is 6.31. The molecular formula is C26H23ClN2O6. The molecule has 0 aliphatic heterocycles. The van der Waals surface area contributed by atoms with Gasteiger partial charge in [-0.25, -0.2) is 4.79 Å². The lowest BCUT2D eigenvalue weighted by Gasteiger charge is -2.22. The van der Waals surface area contributed by atoms with E-state index >= 15 is 0 Å². The topological polar surface area (TPSA) is 91.1 Å². The van der Waals surface area contributed by atoms with Crippen LogP contribution in [0.1, 0.15) is 24.2 Å². The first-order valence-corrected chi connectivity index (χ1v) is 11.3. The van der Waals surface area contributed by atoms with Crippen molar-refractivity contribution < 1.29 is 28.2 Å². The van der Waals surface area contributed by atoms with Gasteiger partial charge < -0.3 is 23.5 Å². The fourth-order valence-corrected chi connectivity index (χ4v) is 3.48. The number of anilines is 1. The molecule has 180 valence electrons. The highest BCUT2D eigenvalue weighted by Gasteiger charge is 2.21. The van der Waals surface area contributed by atoms with E-state index in [1.807, 2.05) is 0 Å². The molecule has 0 saturated heterocycles. The summed E-state index contributed by atoms with van der Waals surface area (Å²) in [5, 5.41) is 0.544. The van der Waals surface area contributed by atoms with Crippen molar-refractivity contribution in [1.29, 1.82) is 0 Å². The quantitative estimate of drug-likeness (QED) is 0.282. The highest BCUT2D eigenvalue weighted by Crippen LogP contribution is 2.28. The van der Waals surface area contributed by atoms with E-state index in [2.05, 4.69) is 4.98 Å². The van der Waals surface area contributed by atoms with Crippen molar-refractivity contribution in [2.45, 2.75) is 20.0 Å². The van der Waals surface area contributed by atoms with E-state index in [0.29, 0.717) is 38.9 Å². The molecule has 0 spiro atoms. The number of carbonyl (C=O) groups excluding carboxylic acids is 2. The average Bonchev–Trinajstić information content (AvgIpc) is 3.25. The zero-order chi connectivity index (χ0) is 24.9.